The topological polar surface area (TPSA) is 83.6 Å². The van der Waals surface area contributed by atoms with E-state index in [0.29, 0.717) is 24.4 Å². The molecule has 1 unspecified atom stereocenters. The van der Waals surface area contributed by atoms with Crippen molar-refractivity contribution in [2.75, 3.05) is 13.1 Å². The van der Waals surface area contributed by atoms with Gasteiger partial charge in [0.1, 0.15) is 0 Å². The zero-order valence-electron chi connectivity index (χ0n) is 13.1. The van der Waals surface area contributed by atoms with E-state index in [4.69, 9.17) is 11.6 Å². The summed E-state index contributed by atoms with van der Waals surface area (Å²) in [6.07, 6.45) is 3.11. The molecule has 1 aromatic carbocycles. The van der Waals surface area contributed by atoms with Crippen LogP contribution < -0.4 is 4.72 Å². The minimum absolute atomic E-state index is 0.0121. The Hall–Kier alpha value is -1.60. The number of likely N-dealkylation sites (tertiary alicyclic amines) is 1. The van der Waals surface area contributed by atoms with Gasteiger partial charge in [0.15, 0.2) is 0 Å². The molecule has 1 aromatic rings. The second-order valence-corrected chi connectivity index (χ2v) is 8.44. The average Bonchev–Trinajstić information content (AvgIpc) is 3.39. The highest BCUT2D eigenvalue weighted by molar-refractivity contribution is 7.90. The molecule has 6 nitrogen and oxygen atoms in total. The van der Waals surface area contributed by atoms with E-state index in [9.17, 15) is 18.0 Å². The molecule has 1 heterocycles. The molecule has 1 aliphatic heterocycles. The molecule has 0 bridgehead atoms. The Kier molecular flexibility index (Phi) is 4.83. The van der Waals surface area contributed by atoms with E-state index in [0.717, 1.165) is 12.8 Å². The van der Waals surface area contributed by atoms with Crippen molar-refractivity contribution in [1.82, 2.24) is 9.62 Å². The fraction of sp³-hybridized carbons (Fsp3) is 0.500. The van der Waals surface area contributed by atoms with Gasteiger partial charge < -0.3 is 4.90 Å². The molecule has 1 aliphatic carbocycles. The number of halogens is 1. The lowest BCUT2D eigenvalue weighted by Crippen LogP contribution is -2.47. The maximum absolute atomic E-state index is 12.4. The van der Waals surface area contributed by atoms with Crippen molar-refractivity contribution in [3.05, 3.63) is 29.3 Å². The lowest BCUT2D eigenvalue weighted by molar-refractivity contribution is -0.136. The van der Waals surface area contributed by atoms with Crippen LogP contribution in [0.5, 0.6) is 0 Å². The van der Waals surface area contributed by atoms with E-state index in [-0.39, 0.29) is 23.3 Å². The highest BCUT2D eigenvalue weighted by Crippen LogP contribution is 2.32. The molecule has 2 aliphatic rings. The monoisotopic (exact) mass is 370 g/mol. The fourth-order valence-electron chi connectivity index (χ4n) is 2.87. The number of rotatable bonds is 4. The molecule has 3 rings (SSSR count). The summed E-state index contributed by atoms with van der Waals surface area (Å²) < 4.78 is 26.7. The van der Waals surface area contributed by atoms with Crippen molar-refractivity contribution < 1.29 is 18.0 Å². The molecule has 2 amide bonds. The summed E-state index contributed by atoms with van der Waals surface area (Å²) in [7, 11) is -3.93. The van der Waals surface area contributed by atoms with Gasteiger partial charge >= 0.3 is 0 Å². The van der Waals surface area contributed by atoms with E-state index in [1.165, 1.54) is 24.3 Å². The Balaban J connectivity index is 1.65. The number of hydrogen-bond acceptors (Lipinski definition) is 4. The van der Waals surface area contributed by atoms with Gasteiger partial charge in [-0.3, -0.25) is 9.59 Å². The van der Waals surface area contributed by atoms with Crippen LogP contribution in [-0.2, 0) is 19.6 Å². The van der Waals surface area contributed by atoms with Crippen LogP contribution in [-0.4, -0.2) is 38.2 Å². The summed E-state index contributed by atoms with van der Waals surface area (Å²) in [6.45, 7) is 0.931. The first-order valence-corrected chi connectivity index (χ1v) is 9.84. The van der Waals surface area contributed by atoms with Crippen LogP contribution in [0, 0.1) is 11.8 Å². The number of piperidine rings is 1. The van der Waals surface area contributed by atoms with Crippen LogP contribution >= 0.6 is 11.6 Å². The molecule has 130 valence electrons. The first kappa shape index (κ1) is 17.2. The summed E-state index contributed by atoms with van der Waals surface area (Å²) in [4.78, 5) is 26.2. The smallest absolute Gasteiger partial charge is 0.264 e. The molecular weight excluding hydrogens is 352 g/mol. The standard InChI is InChI=1S/C16H19ClN2O4S/c17-13-5-7-14(8-6-13)24(22,23)18-15(20)12-2-1-9-19(10-12)16(21)11-3-4-11/h5-8,11-12H,1-4,9-10H2,(H,18,20). The number of hydrogen-bond donors (Lipinski definition) is 1. The average molecular weight is 371 g/mol. The van der Waals surface area contributed by atoms with Crippen molar-refractivity contribution in [2.24, 2.45) is 11.8 Å². The summed E-state index contributed by atoms with van der Waals surface area (Å²) in [5.74, 6) is -0.862. The Morgan fingerprint density at radius 2 is 1.75 bits per heavy atom. The van der Waals surface area contributed by atoms with E-state index >= 15 is 0 Å². The van der Waals surface area contributed by atoms with Crippen molar-refractivity contribution in [2.45, 2.75) is 30.6 Å². The third-order valence-electron chi connectivity index (χ3n) is 4.39. The van der Waals surface area contributed by atoms with E-state index in [1.54, 1.807) is 4.90 Å². The van der Waals surface area contributed by atoms with Crippen molar-refractivity contribution in [3.8, 4) is 0 Å². The molecule has 1 N–H and O–H groups in total. The minimum atomic E-state index is -3.93. The van der Waals surface area contributed by atoms with Crippen LogP contribution in [0.15, 0.2) is 29.2 Å². The van der Waals surface area contributed by atoms with E-state index < -0.39 is 21.8 Å². The Bertz CT molecular complexity index is 744. The second-order valence-electron chi connectivity index (χ2n) is 6.32. The highest BCUT2D eigenvalue weighted by Gasteiger charge is 2.37. The van der Waals surface area contributed by atoms with E-state index in [2.05, 4.69) is 4.72 Å². The van der Waals surface area contributed by atoms with Gasteiger partial charge in [0.05, 0.1) is 10.8 Å². The molecule has 1 atom stereocenters. The fourth-order valence-corrected chi connectivity index (χ4v) is 4.04. The quantitative estimate of drug-likeness (QED) is 0.875. The zero-order valence-corrected chi connectivity index (χ0v) is 14.6. The summed E-state index contributed by atoms with van der Waals surface area (Å²) >= 11 is 5.75. The minimum Gasteiger partial charge on any atom is -0.342 e. The van der Waals surface area contributed by atoms with E-state index in [1.807, 2.05) is 0 Å². The number of sulfonamides is 1. The molecule has 24 heavy (non-hydrogen) atoms. The highest BCUT2D eigenvalue weighted by atomic mass is 35.5. The SMILES string of the molecule is O=C(NS(=O)(=O)c1ccc(Cl)cc1)C1CCCN(C(=O)C2CC2)C1. The first-order valence-electron chi connectivity index (χ1n) is 7.98. The molecule has 8 heteroatoms. The largest absolute Gasteiger partial charge is 0.342 e. The Morgan fingerprint density at radius 3 is 2.38 bits per heavy atom. The van der Waals surface area contributed by atoms with Crippen LogP contribution in [0.1, 0.15) is 25.7 Å². The molecule has 0 radical (unpaired) electrons. The zero-order chi connectivity index (χ0) is 17.3. The van der Waals surface area contributed by atoms with Gasteiger partial charge in [-0.2, -0.15) is 0 Å². The van der Waals surface area contributed by atoms with Crippen LogP contribution in [0.25, 0.3) is 0 Å². The number of benzene rings is 1. The number of nitrogens with zero attached hydrogens (tertiary/aromatic N) is 1. The third-order valence-corrected chi connectivity index (χ3v) is 6.00. The number of carbonyl (C=O) groups excluding carboxylic acids is 2. The summed E-state index contributed by atoms with van der Waals surface area (Å²) in [6, 6.07) is 5.61. The maximum atomic E-state index is 12.4. The second kappa shape index (κ2) is 6.72. The van der Waals surface area contributed by atoms with Crippen LogP contribution in [0.2, 0.25) is 5.02 Å². The summed E-state index contributed by atoms with van der Waals surface area (Å²) in [5.41, 5.74) is 0. The van der Waals surface area contributed by atoms with Crippen LogP contribution in [0.3, 0.4) is 0 Å². The molecule has 0 spiro atoms. The van der Waals surface area contributed by atoms with Gasteiger partial charge in [-0.05, 0) is 49.9 Å². The Morgan fingerprint density at radius 1 is 1.08 bits per heavy atom. The van der Waals surface area contributed by atoms with Crippen LogP contribution in [0.4, 0.5) is 0 Å². The lowest BCUT2D eigenvalue weighted by atomic mass is 9.97. The number of nitrogens with one attached hydrogen (secondary N) is 1. The molecular formula is C16H19ClN2O4S. The van der Waals surface area contributed by atoms with Crippen molar-refractivity contribution >= 4 is 33.4 Å². The Labute approximate surface area is 146 Å². The predicted octanol–water partition coefficient (Wildman–Crippen LogP) is 1.79. The van der Waals surface area contributed by atoms with Gasteiger partial charge in [0.2, 0.25) is 11.8 Å². The van der Waals surface area contributed by atoms with Crippen molar-refractivity contribution in [1.29, 1.82) is 0 Å². The van der Waals surface area contributed by atoms with Gasteiger partial charge in [0.25, 0.3) is 10.0 Å². The number of carbonyl (C=O) groups is 2. The maximum Gasteiger partial charge on any atom is 0.264 e. The number of amides is 2. The van der Waals surface area contributed by atoms with Crippen molar-refractivity contribution in [3.63, 3.8) is 0 Å². The predicted molar refractivity (Wildman–Crippen MR) is 88.8 cm³/mol. The van der Waals surface area contributed by atoms with Gasteiger partial charge in [-0.25, -0.2) is 13.1 Å². The molecule has 2 fully saturated rings. The molecule has 1 saturated carbocycles. The van der Waals surface area contributed by atoms with Gasteiger partial charge in [-0.15, -0.1) is 0 Å². The molecule has 1 saturated heterocycles. The first-order chi connectivity index (χ1) is 11.4. The van der Waals surface area contributed by atoms with Gasteiger partial charge in [0, 0.05) is 24.0 Å². The normalized spacial score (nSPS) is 21.4. The summed E-state index contributed by atoms with van der Waals surface area (Å²) in [5, 5.41) is 0.418. The third kappa shape index (κ3) is 3.89. The molecule has 0 aromatic heterocycles. The lowest BCUT2D eigenvalue weighted by Gasteiger charge is -2.32. The van der Waals surface area contributed by atoms with Gasteiger partial charge in [-0.1, -0.05) is 11.6 Å².